The van der Waals surface area contributed by atoms with E-state index in [1.54, 1.807) is 6.07 Å². The molecule has 0 aliphatic carbocycles. The van der Waals surface area contributed by atoms with E-state index in [1.165, 1.54) is 0 Å². The molecule has 0 N–H and O–H groups in total. The van der Waals surface area contributed by atoms with Gasteiger partial charge in [-0.3, -0.25) is 0 Å². The molecule has 0 fully saturated rings. The normalized spacial score (nSPS) is 12.3. The molecule has 0 spiro atoms. The van der Waals surface area contributed by atoms with Crippen LogP contribution in [0.15, 0.2) is 24.3 Å². The Hall–Kier alpha value is -0.354. The van der Waals surface area contributed by atoms with Crippen molar-refractivity contribution < 1.29 is 9.59 Å². The van der Waals surface area contributed by atoms with Gasteiger partial charge in [0.05, 0.1) is 0 Å². The van der Waals surface area contributed by atoms with Crippen LogP contribution in [-0.2, 0) is 0 Å². The zero-order valence-electron chi connectivity index (χ0n) is 12.1. The summed E-state index contributed by atoms with van der Waals surface area (Å²) in [5, 5.41) is 0. The summed E-state index contributed by atoms with van der Waals surface area (Å²) in [5.74, 6) is 12.5. The van der Waals surface area contributed by atoms with E-state index < -0.39 is 26.5 Å². The molecule has 1 rings (SSSR count). The van der Waals surface area contributed by atoms with Gasteiger partial charge in [0.1, 0.15) is 0 Å². The Balaban J connectivity index is 3.16. The summed E-state index contributed by atoms with van der Waals surface area (Å²) in [6, 6.07) is 7.32. The summed E-state index contributed by atoms with van der Waals surface area (Å²) in [6.45, 7) is 0. The van der Waals surface area contributed by atoms with Gasteiger partial charge in [0.2, 0.25) is 0 Å². The molecular weight excluding hydrogens is 345 g/mol. The molecule has 18 heavy (non-hydrogen) atoms. The van der Waals surface area contributed by atoms with Crippen molar-refractivity contribution in [3.8, 4) is 0 Å². The molecule has 4 heteroatoms. The molecule has 1 aromatic rings. The topological polar surface area (TPSA) is 34.1 Å². The predicted octanol–water partition coefficient (Wildman–Crippen LogP) is 3.81. The monoisotopic (exact) mass is 370 g/mol. The van der Waals surface area contributed by atoms with Crippen LogP contribution in [0.5, 0.6) is 0 Å². The van der Waals surface area contributed by atoms with Crippen LogP contribution in [0.3, 0.4) is 0 Å². The van der Waals surface area contributed by atoms with Crippen molar-refractivity contribution in [3.05, 3.63) is 35.4 Å². The number of hydrogen-bond acceptors (Lipinski definition) is 2. The van der Waals surface area contributed by atoms with Crippen LogP contribution in [0.1, 0.15) is 20.7 Å². The maximum atomic E-state index is 12.3. The van der Waals surface area contributed by atoms with Crippen molar-refractivity contribution in [1.82, 2.24) is 0 Å². The fourth-order valence-corrected chi connectivity index (χ4v) is 5.95. The third-order valence-corrected chi connectivity index (χ3v) is 9.68. The molecule has 0 aliphatic rings. The molecule has 0 heterocycles. The van der Waals surface area contributed by atoms with Gasteiger partial charge < -0.3 is 0 Å². The molecule has 0 unspecified atom stereocenters. The number of carbonyl (C=O) groups is 2. The second-order valence-electron chi connectivity index (χ2n) is 6.74. The molecule has 0 atom stereocenters. The predicted molar refractivity (Wildman–Crippen MR) is 81.8 cm³/mol. The molecular formula is C14H22Ge2O2. The standard InChI is InChI=1S/C14H22Ge2O2/c1-15(2,3)13(17)11-8-7-9-12(10-11)14(18)16(4,5)6/h7-10H,1-6H3. The van der Waals surface area contributed by atoms with E-state index in [2.05, 4.69) is 34.5 Å². The van der Waals surface area contributed by atoms with Crippen LogP contribution in [0.25, 0.3) is 0 Å². The first-order valence-corrected chi connectivity index (χ1v) is 20.9. The summed E-state index contributed by atoms with van der Waals surface area (Å²) in [5.41, 5.74) is 1.44. The Morgan fingerprint density at radius 2 is 1.11 bits per heavy atom. The minimum absolute atomic E-state index is 0.269. The van der Waals surface area contributed by atoms with Crippen molar-refractivity contribution in [1.29, 1.82) is 0 Å². The van der Waals surface area contributed by atoms with Gasteiger partial charge >= 0.3 is 115 Å². The Bertz CT molecular complexity index is 438. The summed E-state index contributed by atoms with van der Waals surface area (Å²) in [4.78, 5) is 24.6. The van der Waals surface area contributed by atoms with Gasteiger partial charge in [0.15, 0.2) is 0 Å². The van der Waals surface area contributed by atoms with Crippen molar-refractivity contribution in [3.63, 3.8) is 0 Å². The number of benzene rings is 1. The minimum atomic E-state index is -2.34. The molecule has 0 saturated heterocycles. The van der Waals surface area contributed by atoms with Crippen molar-refractivity contribution in [2.45, 2.75) is 34.5 Å². The average molecular weight is 368 g/mol. The molecule has 1 aromatic carbocycles. The number of carbonyl (C=O) groups excluding carboxylic acids is 2. The quantitative estimate of drug-likeness (QED) is 0.759. The van der Waals surface area contributed by atoms with Crippen LogP contribution in [0.2, 0.25) is 34.5 Å². The van der Waals surface area contributed by atoms with Gasteiger partial charge in [-0.1, -0.05) is 0 Å². The maximum absolute atomic E-state index is 12.3. The van der Waals surface area contributed by atoms with Gasteiger partial charge in [-0.05, 0) is 0 Å². The molecule has 98 valence electrons. The third-order valence-electron chi connectivity index (χ3n) is 2.75. The van der Waals surface area contributed by atoms with Crippen LogP contribution in [0, 0.1) is 0 Å². The summed E-state index contributed by atoms with van der Waals surface area (Å²) < 4.78 is 0.539. The van der Waals surface area contributed by atoms with E-state index in [0.29, 0.717) is 0 Å². The molecule has 0 aromatic heterocycles. The second-order valence-corrected chi connectivity index (χ2v) is 27.5. The van der Waals surface area contributed by atoms with Crippen LogP contribution in [0.4, 0.5) is 0 Å². The van der Waals surface area contributed by atoms with Crippen molar-refractivity contribution in [2.24, 2.45) is 0 Å². The van der Waals surface area contributed by atoms with E-state index in [4.69, 9.17) is 0 Å². The fraction of sp³-hybridized carbons (Fsp3) is 0.429. The van der Waals surface area contributed by atoms with E-state index in [1.807, 2.05) is 18.2 Å². The first-order chi connectivity index (χ1) is 8.03. The van der Waals surface area contributed by atoms with Gasteiger partial charge in [0.25, 0.3) is 0 Å². The first kappa shape index (κ1) is 15.7. The number of rotatable bonds is 4. The second kappa shape index (κ2) is 5.33. The summed E-state index contributed by atoms with van der Waals surface area (Å²) >= 11 is -4.68. The van der Waals surface area contributed by atoms with E-state index >= 15 is 0 Å². The van der Waals surface area contributed by atoms with Crippen LogP contribution >= 0.6 is 0 Å². The molecule has 0 bridgehead atoms. The molecule has 2 nitrogen and oxygen atoms in total. The van der Waals surface area contributed by atoms with Gasteiger partial charge in [0, 0.05) is 0 Å². The van der Waals surface area contributed by atoms with Gasteiger partial charge in [-0.2, -0.15) is 0 Å². The SMILES string of the molecule is [CH3][Ge]([CH3])([CH3])[C](=O)c1cccc([C](=O)[Ge]([CH3])([CH3])[CH3])c1. The van der Waals surface area contributed by atoms with E-state index in [0.717, 1.165) is 11.1 Å². The number of hydrogen-bond donors (Lipinski definition) is 0. The molecule has 0 saturated carbocycles. The van der Waals surface area contributed by atoms with Gasteiger partial charge in [-0.25, -0.2) is 0 Å². The van der Waals surface area contributed by atoms with Crippen molar-refractivity contribution >= 4 is 35.8 Å². The average Bonchev–Trinajstić information content (AvgIpc) is 2.24. The molecule has 0 radical (unpaired) electrons. The molecule has 0 amide bonds. The fourth-order valence-electron chi connectivity index (χ4n) is 1.67. The van der Waals surface area contributed by atoms with Gasteiger partial charge in [-0.15, -0.1) is 0 Å². The Kier molecular flexibility index (Phi) is 4.65. The first-order valence-electron chi connectivity index (χ1n) is 6.23. The third kappa shape index (κ3) is 3.82. The Morgan fingerprint density at radius 3 is 1.39 bits per heavy atom. The van der Waals surface area contributed by atoms with Crippen LogP contribution in [-0.4, -0.2) is 35.8 Å². The Morgan fingerprint density at radius 1 is 0.778 bits per heavy atom. The van der Waals surface area contributed by atoms with E-state index in [-0.39, 0.29) is 9.23 Å². The van der Waals surface area contributed by atoms with Crippen LogP contribution < -0.4 is 0 Å². The van der Waals surface area contributed by atoms with E-state index in [9.17, 15) is 9.59 Å². The zero-order valence-corrected chi connectivity index (χ0v) is 16.3. The molecule has 0 aliphatic heterocycles. The summed E-state index contributed by atoms with van der Waals surface area (Å²) in [6.07, 6.45) is 0. The zero-order chi connectivity index (χ0) is 14.1. The summed E-state index contributed by atoms with van der Waals surface area (Å²) in [7, 11) is 0. The Labute approximate surface area is 115 Å². The van der Waals surface area contributed by atoms with Crippen molar-refractivity contribution in [2.75, 3.05) is 0 Å².